The number of unbranched alkanes of at least 4 members (excludes halogenated alkanes) is 2. The number of aliphatic hydroxyl groups is 2. The number of non-ortho nitro benzene ring substituents is 1. The van der Waals surface area contributed by atoms with Crippen molar-refractivity contribution < 1.29 is 47.4 Å². The summed E-state index contributed by atoms with van der Waals surface area (Å²) in [7, 11) is -2.81. The zero-order chi connectivity index (χ0) is 47.9. The standard InChI is InChI=1S/C51H60N4O11S/c1-6-27-63-51-48(54(5)67(61,62)42-22-16-38(17-23-42)52-35(4)58)31-46(53-64-32-36-14-18-39(19-15-36)55(59)60)44-29-37(11-7-9-25-56)43(12-8-10-26-57)49(50(44)51)45-30-41(21-24-47(45)66-51)65-40-20-13-33(2)34(3)28-40/h6,13-24,28-30,37,43,48-50,56-57H,1,7-12,25-27,31-32H2,2-5H3,(H,52,58). The van der Waals surface area contributed by atoms with E-state index in [4.69, 9.17) is 24.2 Å². The molecule has 0 radical (unpaired) electrons. The first-order valence-electron chi connectivity index (χ1n) is 22.7. The van der Waals surface area contributed by atoms with E-state index in [1.165, 1.54) is 54.7 Å². The lowest BCUT2D eigenvalue weighted by atomic mass is 9.55. The predicted molar refractivity (Wildman–Crippen MR) is 255 cm³/mol. The van der Waals surface area contributed by atoms with Crippen LogP contribution in [0.2, 0.25) is 0 Å². The lowest BCUT2D eigenvalue weighted by molar-refractivity contribution is -0.384. The Hall–Kier alpha value is -5.91. The first-order valence-corrected chi connectivity index (χ1v) is 24.2. The molecule has 67 heavy (non-hydrogen) atoms. The Morgan fingerprint density at radius 1 is 0.970 bits per heavy atom. The highest BCUT2D eigenvalue weighted by molar-refractivity contribution is 7.89. The molecular formula is C51H60N4O11S. The number of benzene rings is 4. The molecule has 1 saturated carbocycles. The lowest BCUT2D eigenvalue weighted by Crippen LogP contribution is -2.69. The number of ether oxygens (including phenoxy) is 3. The fraction of sp³-hybridized carbons (Fsp3) is 0.412. The fourth-order valence-corrected chi connectivity index (χ4v) is 11.2. The molecule has 1 aliphatic heterocycles. The van der Waals surface area contributed by atoms with Gasteiger partial charge in [-0.25, -0.2) is 8.42 Å². The molecule has 2 aliphatic carbocycles. The molecule has 1 heterocycles. The van der Waals surface area contributed by atoms with Crippen LogP contribution in [0.1, 0.15) is 80.0 Å². The molecule has 0 bridgehead atoms. The van der Waals surface area contributed by atoms with E-state index in [0.29, 0.717) is 59.9 Å². The minimum Gasteiger partial charge on any atom is -0.460 e. The highest BCUT2D eigenvalue weighted by atomic mass is 32.2. The number of nitro groups is 1. The summed E-state index contributed by atoms with van der Waals surface area (Å²) in [4.78, 5) is 28.8. The number of hydrogen-bond acceptors (Lipinski definition) is 12. The molecule has 4 aromatic carbocycles. The van der Waals surface area contributed by atoms with Crippen molar-refractivity contribution in [3.8, 4) is 17.2 Å². The summed E-state index contributed by atoms with van der Waals surface area (Å²) in [6.45, 7) is 9.46. The molecule has 7 rings (SSSR count). The molecule has 3 aliphatic rings. The second kappa shape index (κ2) is 21.4. The third-order valence-corrected chi connectivity index (χ3v) is 15.1. The van der Waals surface area contributed by atoms with Crippen molar-refractivity contribution in [2.45, 2.75) is 95.0 Å². The molecule has 356 valence electrons. The molecule has 0 aromatic heterocycles. The van der Waals surface area contributed by atoms with Gasteiger partial charge in [0.15, 0.2) is 0 Å². The van der Waals surface area contributed by atoms with Crippen molar-refractivity contribution >= 4 is 33.0 Å². The van der Waals surface area contributed by atoms with Gasteiger partial charge in [-0.15, -0.1) is 6.58 Å². The molecule has 3 N–H and O–H groups in total. The van der Waals surface area contributed by atoms with Gasteiger partial charge >= 0.3 is 0 Å². The van der Waals surface area contributed by atoms with E-state index in [9.17, 15) is 33.5 Å². The number of hydrogen-bond donors (Lipinski definition) is 3. The Labute approximate surface area is 392 Å². The van der Waals surface area contributed by atoms with Crippen LogP contribution in [0.15, 0.2) is 119 Å². The summed E-state index contributed by atoms with van der Waals surface area (Å²) in [5.74, 6) is -1.36. The van der Waals surface area contributed by atoms with E-state index in [2.05, 4.69) is 18.0 Å². The summed E-state index contributed by atoms with van der Waals surface area (Å²) in [6, 6.07) is 22.5. The van der Waals surface area contributed by atoms with Gasteiger partial charge in [-0.1, -0.05) is 36.2 Å². The number of aryl methyl sites for hydroxylation is 2. The van der Waals surface area contributed by atoms with E-state index in [1.54, 1.807) is 18.2 Å². The first-order chi connectivity index (χ1) is 32.2. The Balaban J connectivity index is 1.42. The summed E-state index contributed by atoms with van der Waals surface area (Å²) in [5.41, 5.74) is 5.34. The average Bonchev–Trinajstić information content (AvgIpc) is 3.31. The summed E-state index contributed by atoms with van der Waals surface area (Å²) < 4.78 is 51.9. The zero-order valence-electron chi connectivity index (χ0n) is 38.4. The summed E-state index contributed by atoms with van der Waals surface area (Å²) in [6.07, 6.45) is 7.88. The molecule has 6 unspecified atom stereocenters. The van der Waals surface area contributed by atoms with E-state index in [1.807, 2.05) is 50.2 Å². The third kappa shape index (κ3) is 10.6. The minimum atomic E-state index is -4.31. The van der Waals surface area contributed by atoms with Gasteiger partial charge in [-0.05, 0) is 140 Å². The van der Waals surface area contributed by atoms with Crippen LogP contribution in [0, 0.1) is 41.7 Å². The van der Waals surface area contributed by atoms with Crippen LogP contribution >= 0.6 is 0 Å². The van der Waals surface area contributed by atoms with Crippen LogP contribution in [0.25, 0.3) is 0 Å². The van der Waals surface area contributed by atoms with Crippen molar-refractivity contribution in [2.24, 2.45) is 22.9 Å². The second-order valence-corrected chi connectivity index (χ2v) is 19.5. The molecule has 4 aromatic rings. The van der Waals surface area contributed by atoms with Gasteiger partial charge in [0.25, 0.3) is 5.69 Å². The van der Waals surface area contributed by atoms with Gasteiger partial charge in [-0.3, -0.25) is 14.9 Å². The number of nitrogens with one attached hydrogen (secondary N) is 1. The van der Waals surface area contributed by atoms with E-state index >= 15 is 0 Å². The number of carbonyl (C=O) groups excluding carboxylic acids is 1. The van der Waals surface area contributed by atoms with Gasteiger partial charge in [0.1, 0.15) is 23.9 Å². The van der Waals surface area contributed by atoms with E-state index in [0.717, 1.165) is 35.1 Å². The highest BCUT2D eigenvalue weighted by Crippen LogP contribution is 2.62. The highest BCUT2D eigenvalue weighted by Gasteiger charge is 2.65. The van der Waals surface area contributed by atoms with Crippen LogP contribution in [-0.4, -0.2) is 78.2 Å². The van der Waals surface area contributed by atoms with Crippen LogP contribution in [0.4, 0.5) is 11.4 Å². The fourth-order valence-electron chi connectivity index (χ4n) is 9.83. The van der Waals surface area contributed by atoms with Crippen LogP contribution in [0.5, 0.6) is 17.2 Å². The summed E-state index contributed by atoms with van der Waals surface area (Å²) in [5, 5.41) is 38.8. The molecule has 15 nitrogen and oxygen atoms in total. The quantitative estimate of drug-likeness (QED) is 0.0312. The van der Waals surface area contributed by atoms with Gasteiger partial charge < -0.3 is 34.6 Å². The van der Waals surface area contributed by atoms with Crippen molar-refractivity contribution in [3.63, 3.8) is 0 Å². The molecule has 1 amide bonds. The van der Waals surface area contributed by atoms with Gasteiger partial charge in [-0.2, -0.15) is 4.31 Å². The number of nitro benzene ring substituents is 1. The molecule has 6 atom stereocenters. The van der Waals surface area contributed by atoms with E-state index in [-0.39, 0.29) is 67.1 Å². The van der Waals surface area contributed by atoms with Crippen molar-refractivity contribution in [2.75, 3.05) is 32.2 Å². The number of anilines is 1. The normalized spacial score (nSPS) is 22.5. The lowest BCUT2D eigenvalue weighted by Gasteiger charge is -2.59. The Morgan fingerprint density at radius 3 is 2.31 bits per heavy atom. The number of amides is 1. The number of oxime groups is 1. The molecular weight excluding hydrogens is 877 g/mol. The molecule has 1 fully saturated rings. The monoisotopic (exact) mass is 936 g/mol. The number of nitrogens with zero attached hydrogens (tertiary/aromatic N) is 3. The smallest absolute Gasteiger partial charge is 0.269 e. The predicted octanol–water partition coefficient (Wildman–Crippen LogP) is 9.12. The van der Waals surface area contributed by atoms with Crippen molar-refractivity contribution in [3.05, 3.63) is 142 Å². The zero-order valence-corrected chi connectivity index (χ0v) is 39.2. The summed E-state index contributed by atoms with van der Waals surface area (Å²) >= 11 is 0. The van der Waals surface area contributed by atoms with Gasteiger partial charge in [0, 0.05) is 62.9 Å². The number of allylic oxidation sites excluding steroid dienone is 1. The Bertz CT molecular complexity index is 2600. The number of rotatable bonds is 21. The number of likely N-dealkylation sites (N-methyl/N-ethyl adjacent to an activating group) is 1. The maximum Gasteiger partial charge on any atom is 0.269 e. The Kier molecular flexibility index (Phi) is 15.6. The SMILES string of the molecule is C=CCOC12Oc3ccc(Oc4ccc(C)c(C)c4)cc3C3C(CCCCO)C(CCCCO)C=C(C(=NOCc4ccc([N+](=O)[O-])cc4)CC1N(C)S(=O)(=O)c1ccc(NC(C)=O)cc1)C32. The molecule has 16 heteroatoms. The number of sulfonamides is 1. The van der Waals surface area contributed by atoms with Crippen molar-refractivity contribution in [1.29, 1.82) is 0 Å². The van der Waals surface area contributed by atoms with Crippen LogP contribution in [-0.2, 0) is 31.0 Å². The first kappa shape index (κ1) is 49.0. The average molecular weight is 937 g/mol. The maximum atomic E-state index is 14.9. The van der Waals surface area contributed by atoms with Gasteiger partial charge in [0.05, 0.1) is 34.1 Å². The molecule has 0 saturated heterocycles. The van der Waals surface area contributed by atoms with Crippen LogP contribution in [0.3, 0.4) is 0 Å². The minimum absolute atomic E-state index is 0.00595. The number of fused-ring (bicyclic) bond motifs is 2. The number of carbonyl (C=O) groups is 1. The second-order valence-electron chi connectivity index (χ2n) is 17.5. The third-order valence-electron chi connectivity index (χ3n) is 13.2. The van der Waals surface area contributed by atoms with Crippen molar-refractivity contribution in [1.82, 2.24) is 4.31 Å². The molecule has 0 spiro atoms. The maximum absolute atomic E-state index is 14.9. The number of aliphatic hydroxyl groups excluding tert-OH is 2. The largest absolute Gasteiger partial charge is 0.460 e. The topological polar surface area (TPSA) is 199 Å². The van der Waals surface area contributed by atoms with Gasteiger partial charge in [0.2, 0.25) is 21.7 Å². The Morgan fingerprint density at radius 2 is 1.66 bits per heavy atom. The van der Waals surface area contributed by atoms with Crippen LogP contribution < -0.4 is 14.8 Å². The van der Waals surface area contributed by atoms with E-state index < -0.39 is 32.7 Å².